The molecule has 6 heteroatoms. The fraction of sp³-hybridized carbons (Fsp3) is 0.0500. The molecule has 6 nitrogen and oxygen atoms in total. The summed E-state index contributed by atoms with van der Waals surface area (Å²) in [5, 5.41) is 14.2. The molecule has 0 radical (unpaired) electrons. The lowest BCUT2D eigenvalue weighted by molar-refractivity contribution is 0.471. The zero-order chi connectivity index (χ0) is 17.5. The fourth-order valence-electron chi connectivity index (χ4n) is 3.16. The zero-order valence-electron chi connectivity index (χ0n) is 13.8. The minimum atomic E-state index is 0.204. The van der Waals surface area contributed by atoms with E-state index in [9.17, 15) is 5.11 Å². The van der Waals surface area contributed by atoms with Gasteiger partial charge in [-0.15, -0.1) is 0 Å². The quantitative estimate of drug-likeness (QED) is 0.545. The van der Waals surface area contributed by atoms with Crippen LogP contribution in [0.4, 0.5) is 0 Å². The lowest BCUT2D eigenvalue weighted by atomic mass is 10.1. The number of hydrogen-bond acceptors (Lipinski definition) is 4. The first-order chi connectivity index (χ1) is 12.8. The predicted molar refractivity (Wildman–Crippen MR) is 98.9 cm³/mol. The molecule has 1 N–H and O–H groups in total. The second-order valence-corrected chi connectivity index (χ2v) is 6.16. The van der Waals surface area contributed by atoms with E-state index in [0.29, 0.717) is 6.54 Å². The van der Waals surface area contributed by atoms with E-state index in [4.69, 9.17) is 0 Å². The summed E-state index contributed by atoms with van der Waals surface area (Å²) >= 11 is 0. The summed E-state index contributed by atoms with van der Waals surface area (Å²) in [6.07, 6.45) is 7.11. The van der Waals surface area contributed by atoms with Gasteiger partial charge in [0.1, 0.15) is 16.9 Å². The molecule has 4 heterocycles. The van der Waals surface area contributed by atoms with Crippen molar-refractivity contribution in [3.8, 4) is 16.9 Å². The molecule has 5 aromatic rings. The highest BCUT2D eigenvalue weighted by molar-refractivity contribution is 5.80. The molecule has 0 aliphatic carbocycles. The monoisotopic (exact) mass is 341 g/mol. The summed E-state index contributed by atoms with van der Waals surface area (Å²) in [7, 11) is 0. The van der Waals surface area contributed by atoms with Crippen molar-refractivity contribution in [3.63, 3.8) is 0 Å². The van der Waals surface area contributed by atoms with Gasteiger partial charge in [0.05, 0.1) is 36.3 Å². The van der Waals surface area contributed by atoms with E-state index in [0.717, 1.165) is 33.5 Å². The lowest BCUT2D eigenvalue weighted by Gasteiger charge is -2.06. The Bertz CT molecular complexity index is 1220. The molecule has 0 saturated carbocycles. The first kappa shape index (κ1) is 14.7. The largest absolute Gasteiger partial charge is 0.506 e. The Balaban J connectivity index is 1.59. The Morgan fingerprint density at radius 3 is 2.65 bits per heavy atom. The molecule has 0 aliphatic heterocycles. The van der Waals surface area contributed by atoms with Crippen LogP contribution in [-0.2, 0) is 6.54 Å². The topological polar surface area (TPSA) is 68.2 Å². The third-order valence-electron chi connectivity index (χ3n) is 4.48. The van der Waals surface area contributed by atoms with Gasteiger partial charge in [-0.05, 0) is 23.8 Å². The number of imidazole rings is 1. The van der Waals surface area contributed by atoms with Crippen LogP contribution in [0.1, 0.15) is 5.69 Å². The van der Waals surface area contributed by atoms with Gasteiger partial charge < -0.3 is 5.11 Å². The molecule has 0 aliphatic rings. The second kappa shape index (κ2) is 5.70. The Labute approximate surface area is 149 Å². The fourth-order valence-corrected chi connectivity index (χ4v) is 3.16. The molecule has 0 spiro atoms. The van der Waals surface area contributed by atoms with Gasteiger partial charge in [-0.3, -0.25) is 14.1 Å². The summed E-state index contributed by atoms with van der Waals surface area (Å²) in [6, 6.07) is 15.7. The number of aromatic hydroxyl groups is 1. The summed E-state index contributed by atoms with van der Waals surface area (Å²) in [5.74, 6) is 0.204. The number of pyridine rings is 2. The third kappa shape index (κ3) is 2.39. The van der Waals surface area contributed by atoms with Gasteiger partial charge >= 0.3 is 0 Å². The van der Waals surface area contributed by atoms with Crippen molar-refractivity contribution < 1.29 is 5.11 Å². The summed E-state index contributed by atoms with van der Waals surface area (Å²) in [5.41, 5.74) is 5.70. The van der Waals surface area contributed by atoms with Crippen LogP contribution in [0.15, 0.2) is 73.3 Å². The smallest absolute Gasteiger partial charge is 0.137 e. The first-order valence-electron chi connectivity index (χ1n) is 8.30. The van der Waals surface area contributed by atoms with Gasteiger partial charge in [-0.2, -0.15) is 5.10 Å². The highest BCUT2D eigenvalue weighted by Crippen LogP contribution is 2.23. The molecule has 0 unspecified atom stereocenters. The van der Waals surface area contributed by atoms with Crippen LogP contribution in [0.5, 0.6) is 5.75 Å². The zero-order valence-corrected chi connectivity index (χ0v) is 13.8. The van der Waals surface area contributed by atoms with Crippen LogP contribution in [0.2, 0.25) is 0 Å². The summed E-state index contributed by atoms with van der Waals surface area (Å²) in [6.45, 7) is 0.536. The van der Waals surface area contributed by atoms with Gasteiger partial charge in [-0.25, -0.2) is 4.98 Å². The first-order valence-corrected chi connectivity index (χ1v) is 8.30. The van der Waals surface area contributed by atoms with Gasteiger partial charge in [0.15, 0.2) is 0 Å². The van der Waals surface area contributed by atoms with Crippen molar-refractivity contribution in [3.05, 3.63) is 79.0 Å². The molecule has 0 saturated heterocycles. The van der Waals surface area contributed by atoms with Gasteiger partial charge in [0, 0.05) is 11.8 Å². The summed E-state index contributed by atoms with van der Waals surface area (Å²) in [4.78, 5) is 8.92. The maximum atomic E-state index is 9.75. The van der Waals surface area contributed by atoms with E-state index >= 15 is 0 Å². The number of fused-ring (bicyclic) bond motifs is 2. The van der Waals surface area contributed by atoms with E-state index in [2.05, 4.69) is 33.3 Å². The molecule has 1 aromatic carbocycles. The van der Waals surface area contributed by atoms with Crippen LogP contribution in [0.25, 0.3) is 27.8 Å². The Hall–Kier alpha value is -3.67. The minimum Gasteiger partial charge on any atom is -0.506 e. The molecule has 0 bridgehead atoms. The SMILES string of the molecule is Oc1ccc2ncc(Cn3ncc4ncc(-c5ccccc5)cc43)n2c1. The molecule has 126 valence electrons. The lowest BCUT2D eigenvalue weighted by Crippen LogP contribution is -2.04. The molecular weight excluding hydrogens is 326 g/mol. The van der Waals surface area contributed by atoms with Crippen molar-refractivity contribution in [1.82, 2.24) is 24.1 Å². The number of rotatable bonds is 3. The van der Waals surface area contributed by atoms with E-state index in [-0.39, 0.29) is 5.75 Å². The van der Waals surface area contributed by atoms with Crippen LogP contribution in [0, 0.1) is 0 Å². The number of aromatic nitrogens is 5. The van der Waals surface area contributed by atoms with Crippen molar-refractivity contribution in [2.75, 3.05) is 0 Å². The second-order valence-electron chi connectivity index (χ2n) is 6.16. The molecule has 0 fully saturated rings. The molecular formula is C20H15N5O. The maximum Gasteiger partial charge on any atom is 0.137 e. The van der Waals surface area contributed by atoms with E-state index in [1.807, 2.05) is 33.5 Å². The number of hydrogen-bond donors (Lipinski definition) is 1. The van der Waals surface area contributed by atoms with Crippen LogP contribution in [0.3, 0.4) is 0 Å². The normalized spacial score (nSPS) is 11.4. The van der Waals surface area contributed by atoms with Crippen molar-refractivity contribution in [1.29, 1.82) is 0 Å². The molecule has 0 atom stereocenters. The summed E-state index contributed by atoms with van der Waals surface area (Å²) < 4.78 is 3.78. The van der Waals surface area contributed by atoms with Crippen LogP contribution in [-0.4, -0.2) is 29.3 Å². The van der Waals surface area contributed by atoms with Crippen molar-refractivity contribution in [2.45, 2.75) is 6.54 Å². The average molecular weight is 341 g/mol. The predicted octanol–water partition coefficient (Wildman–Crippen LogP) is 3.50. The maximum absolute atomic E-state index is 9.75. The molecule has 4 aromatic heterocycles. The number of nitrogens with zero attached hydrogens (tertiary/aromatic N) is 5. The van der Waals surface area contributed by atoms with Gasteiger partial charge in [-0.1, -0.05) is 30.3 Å². The standard InChI is InChI=1S/C20H15N5O/c26-17-6-7-20-22-10-16(24(20)13-17)12-25-19-8-15(9-21-18(19)11-23-25)14-4-2-1-3-5-14/h1-11,13,26H,12H2. The Morgan fingerprint density at radius 1 is 0.885 bits per heavy atom. The van der Waals surface area contributed by atoms with Crippen LogP contribution < -0.4 is 0 Å². The average Bonchev–Trinajstić information content (AvgIpc) is 3.27. The molecule has 5 rings (SSSR count). The minimum absolute atomic E-state index is 0.204. The van der Waals surface area contributed by atoms with E-state index in [1.165, 1.54) is 0 Å². The number of benzene rings is 1. The van der Waals surface area contributed by atoms with E-state index < -0.39 is 0 Å². The van der Waals surface area contributed by atoms with Gasteiger partial charge in [0.2, 0.25) is 0 Å². The highest BCUT2D eigenvalue weighted by atomic mass is 16.3. The van der Waals surface area contributed by atoms with E-state index in [1.54, 1.807) is 30.7 Å². The Morgan fingerprint density at radius 2 is 1.77 bits per heavy atom. The van der Waals surface area contributed by atoms with Crippen molar-refractivity contribution >= 4 is 16.7 Å². The highest BCUT2D eigenvalue weighted by Gasteiger charge is 2.10. The van der Waals surface area contributed by atoms with Crippen LogP contribution >= 0.6 is 0 Å². The molecule has 0 amide bonds. The Kier molecular flexibility index (Phi) is 3.21. The van der Waals surface area contributed by atoms with Gasteiger partial charge in [0.25, 0.3) is 0 Å². The third-order valence-corrected chi connectivity index (χ3v) is 4.48. The van der Waals surface area contributed by atoms with Crippen molar-refractivity contribution in [2.24, 2.45) is 0 Å². The molecule has 26 heavy (non-hydrogen) atoms.